The molecule has 1 heterocycles. The minimum atomic E-state index is -3.72. The normalized spacial score (nSPS) is 15.9. The van der Waals surface area contributed by atoms with Crippen LogP contribution in [-0.4, -0.2) is 49.7 Å². The van der Waals surface area contributed by atoms with Gasteiger partial charge in [0.1, 0.15) is 5.82 Å². The van der Waals surface area contributed by atoms with Gasteiger partial charge in [-0.25, -0.2) is 12.8 Å². The van der Waals surface area contributed by atoms with Gasteiger partial charge in [0.25, 0.3) is 5.91 Å². The zero-order chi connectivity index (χ0) is 18.9. The number of nitrogens with zero attached hydrogens (tertiary/aromatic N) is 2. The number of halogens is 2. The summed E-state index contributed by atoms with van der Waals surface area (Å²) in [6.07, 6.45) is 0. The van der Waals surface area contributed by atoms with Gasteiger partial charge in [-0.1, -0.05) is 23.7 Å². The van der Waals surface area contributed by atoms with Crippen molar-refractivity contribution in [1.29, 1.82) is 0 Å². The summed E-state index contributed by atoms with van der Waals surface area (Å²) in [4.78, 5) is 14.2. The molecular weight excluding hydrogens is 379 g/mol. The third-order valence-corrected chi connectivity index (χ3v) is 6.62. The summed E-state index contributed by atoms with van der Waals surface area (Å²) in [5, 5.41) is 0.370. The zero-order valence-corrected chi connectivity index (χ0v) is 15.7. The van der Waals surface area contributed by atoms with Crippen LogP contribution in [0.3, 0.4) is 0 Å². The lowest BCUT2D eigenvalue weighted by molar-refractivity contribution is 0.0698. The van der Waals surface area contributed by atoms with E-state index in [0.29, 0.717) is 10.6 Å². The molecule has 0 aliphatic carbocycles. The summed E-state index contributed by atoms with van der Waals surface area (Å²) in [7, 11) is -3.72. The highest BCUT2D eigenvalue weighted by atomic mass is 35.5. The Labute approximate surface area is 157 Å². The first kappa shape index (κ1) is 18.8. The second kappa shape index (κ2) is 7.34. The topological polar surface area (TPSA) is 57.7 Å². The van der Waals surface area contributed by atoms with Crippen LogP contribution in [0.5, 0.6) is 0 Å². The molecule has 0 bridgehead atoms. The fourth-order valence-electron chi connectivity index (χ4n) is 2.86. The molecule has 138 valence electrons. The Bertz CT molecular complexity index is 941. The van der Waals surface area contributed by atoms with Gasteiger partial charge in [-0.3, -0.25) is 4.79 Å². The minimum absolute atomic E-state index is 0.0577. The number of piperazine rings is 1. The maximum absolute atomic E-state index is 13.4. The van der Waals surface area contributed by atoms with E-state index in [1.807, 2.05) is 0 Å². The highest BCUT2D eigenvalue weighted by molar-refractivity contribution is 7.89. The van der Waals surface area contributed by atoms with Crippen LogP contribution in [0.15, 0.2) is 47.4 Å². The molecule has 2 aromatic rings. The Morgan fingerprint density at radius 2 is 1.73 bits per heavy atom. The van der Waals surface area contributed by atoms with Crippen LogP contribution in [0.1, 0.15) is 15.9 Å². The predicted molar refractivity (Wildman–Crippen MR) is 97.3 cm³/mol. The van der Waals surface area contributed by atoms with Crippen LogP contribution in [-0.2, 0) is 10.0 Å². The lowest BCUT2D eigenvalue weighted by Gasteiger charge is -2.34. The van der Waals surface area contributed by atoms with E-state index in [0.717, 1.165) is 6.07 Å². The lowest BCUT2D eigenvalue weighted by atomic mass is 10.2. The Morgan fingerprint density at radius 3 is 2.35 bits per heavy atom. The van der Waals surface area contributed by atoms with Crippen molar-refractivity contribution in [3.05, 3.63) is 64.4 Å². The zero-order valence-electron chi connectivity index (χ0n) is 14.2. The largest absolute Gasteiger partial charge is 0.336 e. The first-order valence-electron chi connectivity index (χ1n) is 8.11. The number of amides is 1. The van der Waals surface area contributed by atoms with Crippen molar-refractivity contribution in [1.82, 2.24) is 9.21 Å². The van der Waals surface area contributed by atoms with Crippen molar-refractivity contribution >= 4 is 27.5 Å². The number of benzene rings is 2. The first-order valence-corrected chi connectivity index (χ1v) is 9.92. The standard InChI is InChI=1S/C18H18ClFN2O3S/c1-13-12-14(6-7-17(13)20)26(24,25)22-10-8-21(9-11-22)18(23)15-4-2-3-5-16(15)19/h2-7,12H,8-11H2,1H3. The summed E-state index contributed by atoms with van der Waals surface area (Å²) in [5.74, 6) is -0.663. The summed E-state index contributed by atoms with van der Waals surface area (Å²) in [6, 6.07) is 10.5. The van der Waals surface area contributed by atoms with Gasteiger partial charge in [-0.2, -0.15) is 4.31 Å². The van der Waals surface area contributed by atoms with Crippen molar-refractivity contribution in [2.24, 2.45) is 0 Å². The highest BCUT2D eigenvalue weighted by Gasteiger charge is 2.31. The van der Waals surface area contributed by atoms with Crippen LogP contribution >= 0.6 is 11.6 Å². The molecule has 0 radical (unpaired) electrons. The molecule has 0 aromatic heterocycles. The van der Waals surface area contributed by atoms with E-state index < -0.39 is 15.8 Å². The molecule has 1 amide bonds. The molecule has 1 fully saturated rings. The molecule has 0 N–H and O–H groups in total. The van der Waals surface area contributed by atoms with Crippen molar-refractivity contribution in [2.45, 2.75) is 11.8 Å². The Balaban J connectivity index is 1.72. The molecule has 0 spiro atoms. The van der Waals surface area contributed by atoms with Gasteiger partial charge in [0, 0.05) is 26.2 Å². The van der Waals surface area contributed by atoms with Gasteiger partial charge < -0.3 is 4.90 Å². The van der Waals surface area contributed by atoms with E-state index in [9.17, 15) is 17.6 Å². The number of carbonyl (C=O) groups excluding carboxylic acids is 1. The van der Waals surface area contributed by atoms with Crippen molar-refractivity contribution in [3.8, 4) is 0 Å². The molecule has 0 saturated carbocycles. The van der Waals surface area contributed by atoms with Crippen molar-refractivity contribution in [3.63, 3.8) is 0 Å². The smallest absolute Gasteiger partial charge is 0.255 e. The minimum Gasteiger partial charge on any atom is -0.336 e. The lowest BCUT2D eigenvalue weighted by Crippen LogP contribution is -2.50. The van der Waals surface area contributed by atoms with Gasteiger partial charge >= 0.3 is 0 Å². The quantitative estimate of drug-likeness (QED) is 0.801. The second-order valence-corrected chi connectivity index (χ2v) is 8.43. The van der Waals surface area contributed by atoms with Gasteiger partial charge in [-0.05, 0) is 42.8 Å². The van der Waals surface area contributed by atoms with Gasteiger partial charge in [0.15, 0.2) is 0 Å². The van der Waals surface area contributed by atoms with Gasteiger partial charge in [-0.15, -0.1) is 0 Å². The Kier molecular flexibility index (Phi) is 5.32. The summed E-state index contributed by atoms with van der Waals surface area (Å²) in [5.41, 5.74) is 0.679. The maximum Gasteiger partial charge on any atom is 0.255 e. The Hall–Kier alpha value is -1.96. The maximum atomic E-state index is 13.4. The van der Waals surface area contributed by atoms with Crippen LogP contribution < -0.4 is 0 Å². The third-order valence-electron chi connectivity index (χ3n) is 4.40. The number of carbonyl (C=O) groups is 1. The molecule has 5 nitrogen and oxygen atoms in total. The van der Waals surface area contributed by atoms with E-state index in [4.69, 9.17) is 11.6 Å². The van der Waals surface area contributed by atoms with Crippen molar-refractivity contribution in [2.75, 3.05) is 26.2 Å². The number of aryl methyl sites for hydroxylation is 1. The molecule has 2 aromatic carbocycles. The summed E-state index contributed by atoms with van der Waals surface area (Å²) < 4.78 is 40.2. The Morgan fingerprint density at radius 1 is 1.08 bits per heavy atom. The van der Waals surface area contributed by atoms with E-state index in [-0.39, 0.29) is 42.5 Å². The van der Waals surface area contributed by atoms with E-state index in [1.165, 1.54) is 23.4 Å². The number of hydrogen-bond donors (Lipinski definition) is 0. The fraction of sp³-hybridized carbons (Fsp3) is 0.278. The summed E-state index contributed by atoms with van der Waals surface area (Å²) in [6.45, 7) is 2.41. The molecule has 3 rings (SSSR count). The van der Waals surface area contributed by atoms with Gasteiger partial charge in [0.2, 0.25) is 10.0 Å². The summed E-state index contributed by atoms with van der Waals surface area (Å²) >= 11 is 6.06. The van der Waals surface area contributed by atoms with Crippen LogP contribution in [0, 0.1) is 12.7 Å². The molecule has 8 heteroatoms. The average Bonchev–Trinajstić information content (AvgIpc) is 2.64. The number of hydrogen-bond acceptors (Lipinski definition) is 3. The molecular formula is C18H18ClFN2O3S. The molecule has 0 atom stereocenters. The molecule has 26 heavy (non-hydrogen) atoms. The monoisotopic (exact) mass is 396 g/mol. The first-order chi connectivity index (χ1) is 12.3. The molecule has 1 saturated heterocycles. The van der Waals surface area contributed by atoms with Gasteiger partial charge in [0.05, 0.1) is 15.5 Å². The molecule has 0 unspecified atom stereocenters. The van der Waals surface area contributed by atoms with Crippen LogP contribution in [0.25, 0.3) is 0 Å². The highest BCUT2D eigenvalue weighted by Crippen LogP contribution is 2.22. The SMILES string of the molecule is Cc1cc(S(=O)(=O)N2CCN(C(=O)c3ccccc3Cl)CC2)ccc1F. The van der Waals surface area contributed by atoms with E-state index >= 15 is 0 Å². The predicted octanol–water partition coefficient (Wildman–Crippen LogP) is 2.93. The van der Waals surface area contributed by atoms with E-state index in [2.05, 4.69) is 0 Å². The van der Waals surface area contributed by atoms with Crippen LogP contribution in [0.4, 0.5) is 4.39 Å². The number of rotatable bonds is 3. The van der Waals surface area contributed by atoms with E-state index in [1.54, 1.807) is 29.2 Å². The molecule has 1 aliphatic heterocycles. The molecule has 1 aliphatic rings. The number of sulfonamides is 1. The average molecular weight is 397 g/mol. The van der Waals surface area contributed by atoms with Crippen LogP contribution in [0.2, 0.25) is 5.02 Å². The van der Waals surface area contributed by atoms with Crippen molar-refractivity contribution < 1.29 is 17.6 Å². The third kappa shape index (κ3) is 3.60. The second-order valence-electron chi connectivity index (χ2n) is 6.09. The fourth-order valence-corrected chi connectivity index (χ4v) is 4.59.